The Hall–Kier alpha value is -1.32. The van der Waals surface area contributed by atoms with E-state index in [1.807, 2.05) is 4.90 Å². The lowest BCUT2D eigenvalue weighted by molar-refractivity contribution is 0.0968. The van der Waals surface area contributed by atoms with Gasteiger partial charge in [-0.3, -0.25) is 4.79 Å². The molecule has 3 N–H and O–H groups in total. The van der Waals surface area contributed by atoms with Gasteiger partial charge in [-0.15, -0.1) is 11.3 Å². The fourth-order valence-electron chi connectivity index (χ4n) is 2.12. The number of nitrogens with two attached hydrogens (primary N) is 1. The number of amides is 1. The molecule has 0 aromatic carbocycles. The summed E-state index contributed by atoms with van der Waals surface area (Å²) in [5.74, 6) is -0.428. The highest BCUT2D eigenvalue weighted by Gasteiger charge is 2.31. The quantitative estimate of drug-likeness (QED) is 0.823. The number of hydrogen-bond donors (Lipinski definition) is 2. The van der Waals surface area contributed by atoms with Crippen LogP contribution in [-0.2, 0) is 14.6 Å². The van der Waals surface area contributed by atoms with Crippen molar-refractivity contribution in [3.63, 3.8) is 0 Å². The molecule has 2 rings (SSSR count). The molecule has 21 heavy (non-hydrogen) atoms. The molecule has 1 saturated heterocycles. The molecule has 1 aliphatic heterocycles. The lowest BCUT2D eigenvalue weighted by atomic mass is 10.3. The van der Waals surface area contributed by atoms with Gasteiger partial charge in [-0.05, 0) is 0 Å². The number of nitrogen functional groups attached to an aromatic ring is 1. The van der Waals surface area contributed by atoms with E-state index in [-0.39, 0.29) is 27.1 Å². The number of sulfone groups is 1. The predicted octanol–water partition coefficient (Wildman–Crippen LogP) is 0.320. The molecule has 0 radical (unpaired) electrons. The Bertz CT molecular complexity index is 633. The summed E-state index contributed by atoms with van der Waals surface area (Å²) in [5.41, 5.74) is 6.01. The second-order valence-corrected chi connectivity index (χ2v) is 7.78. The minimum Gasteiger partial charge on any atom is -0.396 e. The number of nitrogens with one attached hydrogen (secondary N) is 1. The molecule has 0 spiro atoms. The molecule has 1 fully saturated rings. The molecule has 1 aliphatic rings. The summed E-state index contributed by atoms with van der Waals surface area (Å²) >= 11 is 1.12. The summed E-state index contributed by atoms with van der Waals surface area (Å²) in [5, 5.41) is 3.03. The van der Waals surface area contributed by atoms with Crippen molar-refractivity contribution in [2.24, 2.45) is 0 Å². The molecule has 1 amide bonds. The summed E-state index contributed by atoms with van der Waals surface area (Å²) in [6.07, 6.45) is 0. The van der Waals surface area contributed by atoms with Gasteiger partial charge in [-0.25, -0.2) is 8.42 Å². The third kappa shape index (κ3) is 2.99. The van der Waals surface area contributed by atoms with Crippen molar-refractivity contribution in [3.8, 4) is 0 Å². The first-order valence-electron chi connectivity index (χ1n) is 6.62. The zero-order valence-electron chi connectivity index (χ0n) is 12.0. The lowest BCUT2D eigenvalue weighted by Crippen LogP contribution is -2.36. The number of anilines is 2. The second kappa shape index (κ2) is 6.20. The van der Waals surface area contributed by atoms with Gasteiger partial charge in [0, 0.05) is 20.1 Å². The van der Waals surface area contributed by atoms with E-state index >= 15 is 0 Å². The van der Waals surface area contributed by atoms with Gasteiger partial charge in [-0.1, -0.05) is 6.92 Å². The Morgan fingerprint density at radius 3 is 2.57 bits per heavy atom. The van der Waals surface area contributed by atoms with E-state index in [2.05, 4.69) is 5.32 Å². The molecule has 1 aromatic rings. The number of carbonyl (C=O) groups excluding carboxylic acids is 1. The van der Waals surface area contributed by atoms with Gasteiger partial charge in [-0.2, -0.15) is 0 Å². The van der Waals surface area contributed by atoms with Crippen molar-refractivity contribution in [1.29, 1.82) is 0 Å². The fraction of sp³-hybridized carbons (Fsp3) is 0.583. The summed E-state index contributed by atoms with van der Waals surface area (Å²) in [7, 11) is -2.02. The topological polar surface area (TPSA) is 102 Å². The van der Waals surface area contributed by atoms with Crippen LogP contribution < -0.4 is 16.0 Å². The lowest BCUT2D eigenvalue weighted by Gasteiger charge is -2.28. The van der Waals surface area contributed by atoms with Crippen LogP contribution in [0.2, 0.25) is 0 Å². The van der Waals surface area contributed by atoms with Crippen molar-refractivity contribution in [2.75, 3.05) is 49.7 Å². The predicted molar refractivity (Wildman–Crippen MR) is 82.9 cm³/mol. The number of hydrogen-bond acceptors (Lipinski definition) is 7. The first-order valence-corrected chi connectivity index (χ1v) is 9.09. The monoisotopic (exact) mass is 333 g/mol. The summed E-state index contributed by atoms with van der Waals surface area (Å²) in [6.45, 7) is 3.78. The van der Waals surface area contributed by atoms with E-state index < -0.39 is 9.84 Å². The Morgan fingerprint density at radius 1 is 1.43 bits per heavy atom. The molecule has 0 saturated carbocycles. The standard InChI is InChI=1S/C12H19N3O4S2/c1-3-21(17,18)10-8(13)9(11(16)14-2)20-12(10)15-4-6-19-7-5-15/h3-7,13H2,1-2H3,(H,14,16). The molecule has 0 unspecified atom stereocenters. The van der Waals surface area contributed by atoms with Crippen LogP contribution in [0, 0.1) is 0 Å². The molecule has 0 atom stereocenters. The van der Waals surface area contributed by atoms with Crippen molar-refractivity contribution in [2.45, 2.75) is 11.8 Å². The van der Waals surface area contributed by atoms with Gasteiger partial charge in [0.1, 0.15) is 14.8 Å². The normalized spacial score (nSPS) is 16.0. The highest BCUT2D eigenvalue weighted by molar-refractivity contribution is 7.92. The molecular weight excluding hydrogens is 314 g/mol. The molecular formula is C12H19N3O4S2. The van der Waals surface area contributed by atoms with Gasteiger partial charge < -0.3 is 20.7 Å². The van der Waals surface area contributed by atoms with E-state index in [0.29, 0.717) is 31.3 Å². The van der Waals surface area contributed by atoms with Crippen molar-refractivity contribution >= 4 is 37.8 Å². The Kier molecular flexibility index (Phi) is 4.74. The van der Waals surface area contributed by atoms with Gasteiger partial charge in [0.25, 0.3) is 5.91 Å². The van der Waals surface area contributed by atoms with E-state index in [1.54, 1.807) is 6.92 Å². The number of thiophene rings is 1. The van der Waals surface area contributed by atoms with Crippen LogP contribution in [0.5, 0.6) is 0 Å². The molecule has 0 aliphatic carbocycles. The molecule has 0 bridgehead atoms. The number of rotatable bonds is 4. The highest BCUT2D eigenvalue weighted by Crippen LogP contribution is 2.42. The minimum absolute atomic E-state index is 0.0442. The first-order chi connectivity index (χ1) is 9.92. The third-order valence-corrected chi connectivity index (χ3v) is 6.49. The largest absolute Gasteiger partial charge is 0.396 e. The SMILES string of the molecule is CCS(=O)(=O)c1c(N2CCOCC2)sc(C(=O)NC)c1N. The van der Waals surface area contributed by atoms with Crippen molar-refractivity contribution in [1.82, 2.24) is 5.32 Å². The summed E-state index contributed by atoms with van der Waals surface area (Å²) in [4.78, 5) is 14.1. The van der Waals surface area contributed by atoms with Crippen molar-refractivity contribution in [3.05, 3.63) is 4.88 Å². The molecule has 2 heterocycles. The first kappa shape index (κ1) is 16.1. The van der Waals surface area contributed by atoms with Crippen LogP contribution in [0.3, 0.4) is 0 Å². The van der Waals surface area contributed by atoms with Crippen LogP contribution in [0.25, 0.3) is 0 Å². The van der Waals surface area contributed by atoms with Crippen LogP contribution in [0.15, 0.2) is 4.90 Å². The summed E-state index contributed by atoms with van der Waals surface area (Å²) < 4.78 is 30.0. The maximum Gasteiger partial charge on any atom is 0.263 e. The zero-order chi connectivity index (χ0) is 15.6. The van der Waals surface area contributed by atoms with Gasteiger partial charge in [0.15, 0.2) is 9.84 Å². The van der Waals surface area contributed by atoms with Gasteiger partial charge in [0.2, 0.25) is 0 Å². The number of nitrogens with zero attached hydrogens (tertiary/aromatic N) is 1. The van der Waals surface area contributed by atoms with Crippen LogP contribution in [-0.4, -0.2) is 53.4 Å². The third-order valence-electron chi connectivity index (χ3n) is 3.30. The van der Waals surface area contributed by atoms with Gasteiger partial charge in [0.05, 0.1) is 24.7 Å². The van der Waals surface area contributed by atoms with E-state index in [0.717, 1.165) is 11.3 Å². The highest BCUT2D eigenvalue weighted by atomic mass is 32.2. The van der Waals surface area contributed by atoms with Crippen molar-refractivity contribution < 1.29 is 17.9 Å². The van der Waals surface area contributed by atoms with Crippen LogP contribution in [0.4, 0.5) is 10.7 Å². The summed E-state index contributed by atoms with van der Waals surface area (Å²) in [6, 6.07) is 0. The van der Waals surface area contributed by atoms with Crippen LogP contribution in [0.1, 0.15) is 16.6 Å². The zero-order valence-corrected chi connectivity index (χ0v) is 13.6. The molecule has 9 heteroatoms. The van der Waals surface area contributed by atoms with Crippen LogP contribution >= 0.6 is 11.3 Å². The number of carbonyl (C=O) groups is 1. The molecule has 1 aromatic heterocycles. The minimum atomic E-state index is -3.51. The van der Waals surface area contributed by atoms with E-state index in [1.165, 1.54) is 7.05 Å². The smallest absolute Gasteiger partial charge is 0.263 e. The second-order valence-electron chi connectivity index (χ2n) is 4.56. The maximum atomic E-state index is 12.3. The molecule has 118 valence electrons. The number of ether oxygens (including phenoxy) is 1. The maximum absolute atomic E-state index is 12.3. The van der Waals surface area contributed by atoms with Gasteiger partial charge >= 0.3 is 0 Å². The van der Waals surface area contributed by atoms with E-state index in [9.17, 15) is 13.2 Å². The number of morpholine rings is 1. The Labute approximate surface area is 128 Å². The van der Waals surface area contributed by atoms with E-state index in [4.69, 9.17) is 10.5 Å². The average Bonchev–Trinajstić information content (AvgIpc) is 2.85. The Balaban J connectivity index is 2.59. The average molecular weight is 333 g/mol. The Morgan fingerprint density at radius 2 is 2.05 bits per heavy atom. The molecule has 7 nitrogen and oxygen atoms in total. The fourth-order valence-corrected chi connectivity index (χ4v) is 4.92.